The number of benzene rings is 1. The average molecular weight is 268 g/mol. The summed E-state index contributed by atoms with van der Waals surface area (Å²) in [5.41, 5.74) is 0.903. The van der Waals surface area contributed by atoms with E-state index in [-0.39, 0.29) is 10.8 Å². The van der Waals surface area contributed by atoms with Crippen LogP contribution >= 0.6 is 0 Å². The van der Waals surface area contributed by atoms with Gasteiger partial charge in [-0.1, -0.05) is 6.07 Å². The Balaban J connectivity index is 2.24. The Hall–Kier alpha value is -1.20. The summed E-state index contributed by atoms with van der Waals surface area (Å²) in [5.74, 6) is -0.980. The summed E-state index contributed by atoms with van der Waals surface area (Å²) in [6.45, 7) is 2.95. The highest BCUT2D eigenvalue weighted by molar-refractivity contribution is 7.85. The van der Waals surface area contributed by atoms with Gasteiger partial charge in [0.25, 0.3) is 0 Å². The molecule has 1 aromatic carbocycles. The quantitative estimate of drug-likeness (QED) is 0.910. The first-order valence-electron chi connectivity index (χ1n) is 5.92. The lowest BCUT2D eigenvalue weighted by atomic mass is 10.1. The van der Waals surface area contributed by atoms with Gasteiger partial charge < -0.3 is 9.84 Å². The van der Waals surface area contributed by atoms with Gasteiger partial charge in [-0.25, -0.2) is 4.79 Å². The molecule has 0 spiro atoms. The molecular weight excluding hydrogens is 252 g/mol. The lowest BCUT2D eigenvalue weighted by Crippen LogP contribution is -2.27. The van der Waals surface area contributed by atoms with Crippen molar-refractivity contribution < 1.29 is 18.8 Å². The summed E-state index contributed by atoms with van der Waals surface area (Å²) >= 11 is 0. The Bertz CT molecular complexity index is 478. The molecule has 1 aromatic rings. The van der Waals surface area contributed by atoms with Crippen LogP contribution in [0.2, 0.25) is 0 Å². The molecule has 1 fully saturated rings. The van der Waals surface area contributed by atoms with E-state index in [0.717, 1.165) is 19.4 Å². The van der Waals surface area contributed by atoms with E-state index in [4.69, 9.17) is 9.84 Å². The molecule has 1 heterocycles. The molecule has 1 saturated heterocycles. The molecule has 98 valence electrons. The van der Waals surface area contributed by atoms with Gasteiger partial charge in [-0.3, -0.25) is 4.21 Å². The molecule has 0 saturated carbocycles. The third kappa shape index (κ3) is 2.79. The number of aryl methyl sites for hydroxylation is 1. The van der Waals surface area contributed by atoms with E-state index < -0.39 is 16.8 Å². The van der Waals surface area contributed by atoms with Gasteiger partial charge in [0.05, 0.1) is 28.2 Å². The highest BCUT2D eigenvalue weighted by atomic mass is 32.2. The summed E-state index contributed by atoms with van der Waals surface area (Å²) in [7, 11) is -1.19. The summed E-state index contributed by atoms with van der Waals surface area (Å²) in [6, 6.07) is 4.97. The maximum absolute atomic E-state index is 12.3. The van der Waals surface area contributed by atoms with Gasteiger partial charge in [-0.05, 0) is 37.5 Å². The lowest BCUT2D eigenvalue weighted by molar-refractivity contribution is 0.0696. The van der Waals surface area contributed by atoms with Crippen LogP contribution in [-0.4, -0.2) is 33.7 Å². The molecule has 0 aromatic heterocycles. The molecule has 1 N–H and O–H groups in total. The van der Waals surface area contributed by atoms with E-state index in [9.17, 15) is 9.00 Å². The number of hydrogen-bond acceptors (Lipinski definition) is 3. The predicted molar refractivity (Wildman–Crippen MR) is 68.4 cm³/mol. The molecule has 0 radical (unpaired) electrons. The molecular formula is C13H16O4S. The first-order valence-corrected chi connectivity index (χ1v) is 7.13. The highest BCUT2D eigenvalue weighted by Gasteiger charge is 2.22. The zero-order chi connectivity index (χ0) is 13.1. The van der Waals surface area contributed by atoms with E-state index in [0.29, 0.717) is 17.1 Å². The van der Waals surface area contributed by atoms with Crippen molar-refractivity contribution in [3.63, 3.8) is 0 Å². The van der Waals surface area contributed by atoms with E-state index in [1.165, 1.54) is 6.07 Å². The van der Waals surface area contributed by atoms with Crippen LogP contribution in [0.3, 0.4) is 0 Å². The minimum absolute atomic E-state index is 0.0249. The van der Waals surface area contributed by atoms with Gasteiger partial charge >= 0.3 is 5.97 Å². The zero-order valence-corrected chi connectivity index (χ0v) is 11.0. The number of carboxylic acid groups (broad SMARTS) is 1. The van der Waals surface area contributed by atoms with E-state index in [1.807, 2.05) is 0 Å². The average Bonchev–Trinajstić information content (AvgIpc) is 2.39. The van der Waals surface area contributed by atoms with Crippen LogP contribution in [-0.2, 0) is 15.5 Å². The SMILES string of the molecule is Cc1ccc(S(=O)C2CCCOC2)cc1C(=O)O. The molecule has 0 amide bonds. The van der Waals surface area contributed by atoms with E-state index in [2.05, 4.69) is 0 Å². The second-order valence-electron chi connectivity index (χ2n) is 4.42. The Labute approximate surface area is 108 Å². The van der Waals surface area contributed by atoms with Gasteiger partial charge in [-0.15, -0.1) is 0 Å². The van der Waals surface area contributed by atoms with Crippen molar-refractivity contribution in [2.75, 3.05) is 13.2 Å². The van der Waals surface area contributed by atoms with E-state index >= 15 is 0 Å². The van der Waals surface area contributed by atoms with Crippen molar-refractivity contribution in [2.45, 2.75) is 29.9 Å². The van der Waals surface area contributed by atoms with Gasteiger partial charge in [-0.2, -0.15) is 0 Å². The summed E-state index contributed by atoms with van der Waals surface area (Å²) < 4.78 is 17.6. The molecule has 2 rings (SSSR count). The maximum atomic E-state index is 12.3. The van der Waals surface area contributed by atoms with Crippen LogP contribution in [0, 0.1) is 6.92 Å². The monoisotopic (exact) mass is 268 g/mol. The standard InChI is InChI=1S/C13H16O4S/c1-9-4-5-10(7-12(9)13(14)15)18(16)11-3-2-6-17-8-11/h4-5,7,11H,2-3,6,8H2,1H3,(H,14,15). The van der Waals surface area contributed by atoms with Gasteiger partial charge in [0.1, 0.15) is 0 Å². The zero-order valence-electron chi connectivity index (χ0n) is 10.2. The number of ether oxygens (including phenoxy) is 1. The van der Waals surface area contributed by atoms with E-state index in [1.54, 1.807) is 19.1 Å². The Morgan fingerprint density at radius 2 is 2.28 bits per heavy atom. The van der Waals surface area contributed by atoms with Crippen molar-refractivity contribution in [3.8, 4) is 0 Å². The minimum atomic E-state index is -1.19. The molecule has 0 bridgehead atoms. The fourth-order valence-electron chi connectivity index (χ4n) is 2.03. The van der Waals surface area contributed by atoms with Crippen LogP contribution in [0.15, 0.2) is 23.1 Å². The summed E-state index contributed by atoms with van der Waals surface area (Å²) in [4.78, 5) is 11.6. The lowest BCUT2D eigenvalue weighted by Gasteiger charge is -2.21. The molecule has 4 nitrogen and oxygen atoms in total. The van der Waals surface area contributed by atoms with Crippen LogP contribution < -0.4 is 0 Å². The Kier molecular flexibility index (Phi) is 4.14. The Morgan fingerprint density at radius 1 is 1.50 bits per heavy atom. The van der Waals surface area contributed by atoms with Crippen molar-refractivity contribution in [3.05, 3.63) is 29.3 Å². The van der Waals surface area contributed by atoms with Crippen LogP contribution in [0.4, 0.5) is 0 Å². The van der Waals surface area contributed by atoms with Gasteiger partial charge in [0.2, 0.25) is 0 Å². The van der Waals surface area contributed by atoms with Crippen LogP contribution in [0.5, 0.6) is 0 Å². The topological polar surface area (TPSA) is 63.6 Å². The second-order valence-corrected chi connectivity index (χ2v) is 6.15. The Morgan fingerprint density at radius 3 is 2.89 bits per heavy atom. The van der Waals surface area contributed by atoms with Crippen molar-refractivity contribution in [1.29, 1.82) is 0 Å². The van der Waals surface area contributed by atoms with Crippen molar-refractivity contribution >= 4 is 16.8 Å². The molecule has 0 aliphatic carbocycles. The second kappa shape index (κ2) is 5.63. The number of carboxylic acids is 1. The predicted octanol–water partition coefficient (Wildman–Crippen LogP) is 1.98. The molecule has 2 atom stereocenters. The van der Waals surface area contributed by atoms with Crippen LogP contribution in [0.25, 0.3) is 0 Å². The maximum Gasteiger partial charge on any atom is 0.335 e. The molecule has 1 aliphatic heterocycles. The first-order chi connectivity index (χ1) is 8.59. The number of aromatic carboxylic acids is 1. The number of hydrogen-bond donors (Lipinski definition) is 1. The number of carbonyl (C=O) groups is 1. The van der Waals surface area contributed by atoms with Crippen LogP contribution in [0.1, 0.15) is 28.8 Å². The fourth-order valence-corrected chi connectivity index (χ4v) is 3.45. The van der Waals surface area contributed by atoms with Gasteiger partial charge in [0, 0.05) is 11.5 Å². The van der Waals surface area contributed by atoms with Crippen molar-refractivity contribution in [1.82, 2.24) is 0 Å². The number of rotatable bonds is 3. The van der Waals surface area contributed by atoms with Crippen molar-refractivity contribution in [2.24, 2.45) is 0 Å². The normalized spacial score (nSPS) is 21.5. The highest BCUT2D eigenvalue weighted by Crippen LogP contribution is 2.21. The third-order valence-electron chi connectivity index (χ3n) is 3.09. The summed E-state index contributed by atoms with van der Waals surface area (Å²) in [5, 5.41) is 9.03. The minimum Gasteiger partial charge on any atom is -0.478 e. The molecule has 1 aliphatic rings. The molecule has 2 unspecified atom stereocenters. The molecule has 18 heavy (non-hydrogen) atoms. The van der Waals surface area contributed by atoms with Gasteiger partial charge in [0.15, 0.2) is 0 Å². The fraction of sp³-hybridized carbons (Fsp3) is 0.462. The third-order valence-corrected chi connectivity index (χ3v) is 4.79. The largest absolute Gasteiger partial charge is 0.478 e. The molecule has 5 heteroatoms. The smallest absolute Gasteiger partial charge is 0.335 e. The summed E-state index contributed by atoms with van der Waals surface area (Å²) in [6.07, 6.45) is 1.77. The first kappa shape index (κ1) is 13.2.